The minimum absolute atomic E-state index is 0.0204. The summed E-state index contributed by atoms with van der Waals surface area (Å²) in [5, 5.41) is 3.73. The van der Waals surface area contributed by atoms with Crippen molar-refractivity contribution in [2.75, 3.05) is 20.1 Å². The zero-order valence-corrected chi connectivity index (χ0v) is 12.9. The van der Waals surface area contributed by atoms with Gasteiger partial charge in [0.2, 0.25) is 0 Å². The van der Waals surface area contributed by atoms with Crippen molar-refractivity contribution in [2.24, 2.45) is 0 Å². The van der Waals surface area contributed by atoms with E-state index in [4.69, 9.17) is 27.9 Å². The maximum absolute atomic E-state index is 11.5. The van der Waals surface area contributed by atoms with Crippen molar-refractivity contribution in [2.45, 2.75) is 25.6 Å². The number of halogens is 2. The lowest BCUT2D eigenvalue weighted by atomic mass is 10.1. The highest BCUT2D eigenvalue weighted by atomic mass is 35.5. The molecule has 1 N–H and O–H groups in total. The van der Waals surface area contributed by atoms with Crippen molar-refractivity contribution >= 4 is 29.2 Å². The first-order valence-electron chi connectivity index (χ1n) is 6.62. The molecule has 1 aromatic carbocycles. The normalized spacial score (nSPS) is 16.2. The molecule has 0 saturated carbocycles. The summed E-state index contributed by atoms with van der Waals surface area (Å²) in [5.41, 5.74) is 1.01. The molecule has 1 fully saturated rings. The van der Waals surface area contributed by atoms with Gasteiger partial charge in [0.05, 0.1) is 22.8 Å². The van der Waals surface area contributed by atoms with Crippen molar-refractivity contribution in [3.63, 3.8) is 0 Å². The third kappa shape index (κ3) is 4.01. The Bertz CT molecular complexity index is 474. The van der Waals surface area contributed by atoms with Gasteiger partial charge in [-0.15, -0.1) is 0 Å². The van der Waals surface area contributed by atoms with E-state index in [1.165, 1.54) is 0 Å². The van der Waals surface area contributed by atoms with Crippen LogP contribution in [0.2, 0.25) is 10.0 Å². The molecule has 6 heteroatoms. The largest absolute Gasteiger partial charge is 0.373 e. The molecule has 0 unspecified atom stereocenters. The number of hydrogen-bond acceptors (Lipinski definition) is 2. The third-order valence-electron chi connectivity index (χ3n) is 3.41. The van der Waals surface area contributed by atoms with Crippen LogP contribution < -0.4 is 5.32 Å². The molecule has 2 rings (SSSR count). The number of nitrogens with one attached hydrogen (secondary N) is 1. The van der Waals surface area contributed by atoms with Crippen LogP contribution in [0, 0.1) is 0 Å². The predicted molar refractivity (Wildman–Crippen MR) is 80.3 cm³/mol. The van der Waals surface area contributed by atoms with Crippen LogP contribution >= 0.6 is 23.2 Å². The Morgan fingerprint density at radius 1 is 1.35 bits per heavy atom. The molecule has 1 saturated heterocycles. The summed E-state index contributed by atoms with van der Waals surface area (Å²) in [7, 11) is 1.65. The Hall–Kier alpha value is -0.970. The third-order valence-corrected chi connectivity index (χ3v) is 4.15. The molecular formula is C14H18Cl2N2O2. The minimum atomic E-state index is -0.0204. The van der Waals surface area contributed by atoms with E-state index in [9.17, 15) is 4.79 Å². The Labute approximate surface area is 129 Å². The molecule has 110 valence electrons. The standard InChI is InChI=1S/C14H18Cl2N2O2/c1-17-14(19)18-6-4-11(5-7-18)20-9-10-2-3-12(15)13(16)8-10/h2-3,8,11H,4-7,9H2,1H3,(H,17,19). The van der Waals surface area contributed by atoms with Gasteiger partial charge in [-0.2, -0.15) is 0 Å². The fraction of sp³-hybridized carbons (Fsp3) is 0.500. The summed E-state index contributed by atoms with van der Waals surface area (Å²) in [6, 6.07) is 5.49. The average Bonchev–Trinajstić information content (AvgIpc) is 2.48. The summed E-state index contributed by atoms with van der Waals surface area (Å²) in [6.07, 6.45) is 1.90. The van der Waals surface area contributed by atoms with Crippen LogP contribution in [0.25, 0.3) is 0 Å². The van der Waals surface area contributed by atoms with Crippen LogP contribution in [0.3, 0.4) is 0 Å². The van der Waals surface area contributed by atoms with Gasteiger partial charge in [-0.25, -0.2) is 4.79 Å². The number of urea groups is 1. The number of likely N-dealkylation sites (tertiary alicyclic amines) is 1. The van der Waals surface area contributed by atoms with Gasteiger partial charge in [0.25, 0.3) is 0 Å². The number of carbonyl (C=O) groups excluding carboxylic acids is 1. The Morgan fingerprint density at radius 3 is 2.65 bits per heavy atom. The lowest BCUT2D eigenvalue weighted by molar-refractivity contribution is 0.00460. The van der Waals surface area contributed by atoms with Gasteiger partial charge < -0.3 is 15.0 Å². The molecule has 1 aromatic rings. The Balaban J connectivity index is 1.78. The molecule has 0 aromatic heterocycles. The molecule has 0 aliphatic carbocycles. The van der Waals surface area contributed by atoms with Gasteiger partial charge in [0.1, 0.15) is 0 Å². The average molecular weight is 317 g/mol. The van der Waals surface area contributed by atoms with Crippen LogP contribution in [-0.2, 0) is 11.3 Å². The Kier molecular flexibility index (Phi) is 5.52. The maximum atomic E-state index is 11.5. The molecule has 0 spiro atoms. The molecule has 2 amide bonds. The summed E-state index contributed by atoms with van der Waals surface area (Å²) < 4.78 is 5.87. The molecule has 0 radical (unpaired) electrons. The zero-order valence-electron chi connectivity index (χ0n) is 11.4. The van der Waals surface area contributed by atoms with E-state index >= 15 is 0 Å². The second kappa shape index (κ2) is 7.16. The van der Waals surface area contributed by atoms with E-state index in [1.54, 1.807) is 18.0 Å². The molecule has 1 aliphatic rings. The molecule has 1 heterocycles. The highest BCUT2D eigenvalue weighted by Gasteiger charge is 2.22. The van der Waals surface area contributed by atoms with Crippen molar-refractivity contribution in [3.05, 3.63) is 33.8 Å². The SMILES string of the molecule is CNC(=O)N1CCC(OCc2ccc(Cl)c(Cl)c2)CC1. The molecule has 0 bridgehead atoms. The lowest BCUT2D eigenvalue weighted by Crippen LogP contribution is -2.44. The van der Waals surface area contributed by atoms with Crippen molar-refractivity contribution in [1.29, 1.82) is 0 Å². The van der Waals surface area contributed by atoms with Crippen molar-refractivity contribution in [3.8, 4) is 0 Å². The van der Waals surface area contributed by atoms with Crippen LogP contribution in [0.4, 0.5) is 4.79 Å². The van der Waals surface area contributed by atoms with Crippen molar-refractivity contribution in [1.82, 2.24) is 10.2 Å². The summed E-state index contributed by atoms with van der Waals surface area (Å²) in [5.74, 6) is 0. The second-order valence-electron chi connectivity index (χ2n) is 4.80. The van der Waals surface area contributed by atoms with Gasteiger partial charge in [-0.05, 0) is 30.5 Å². The monoisotopic (exact) mass is 316 g/mol. The fourth-order valence-electron chi connectivity index (χ4n) is 2.23. The quantitative estimate of drug-likeness (QED) is 0.929. The number of nitrogens with zero attached hydrogens (tertiary/aromatic N) is 1. The van der Waals surface area contributed by atoms with Gasteiger partial charge in [0.15, 0.2) is 0 Å². The highest BCUT2D eigenvalue weighted by Crippen LogP contribution is 2.23. The number of benzene rings is 1. The molecule has 20 heavy (non-hydrogen) atoms. The van der Waals surface area contributed by atoms with Crippen LogP contribution in [0.1, 0.15) is 18.4 Å². The van der Waals surface area contributed by atoms with E-state index < -0.39 is 0 Å². The van der Waals surface area contributed by atoms with Gasteiger partial charge in [0, 0.05) is 20.1 Å². The number of amides is 2. The van der Waals surface area contributed by atoms with E-state index in [1.807, 2.05) is 12.1 Å². The van der Waals surface area contributed by atoms with Crippen LogP contribution in [0.15, 0.2) is 18.2 Å². The summed E-state index contributed by atoms with van der Waals surface area (Å²) in [4.78, 5) is 13.3. The molecule has 0 atom stereocenters. The number of piperidine rings is 1. The molecular weight excluding hydrogens is 299 g/mol. The number of hydrogen-bond donors (Lipinski definition) is 1. The highest BCUT2D eigenvalue weighted by molar-refractivity contribution is 6.42. The maximum Gasteiger partial charge on any atom is 0.317 e. The first kappa shape index (κ1) is 15.4. The van der Waals surface area contributed by atoms with E-state index in [0.29, 0.717) is 16.7 Å². The first-order chi connectivity index (χ1) is 9.60. The summed E-state index contributed by atoms with van der Waals surface area (Å²) >= 11 is 11.8. The predicted octanol–water partition coefficient (Wildman–Crippen LogP) is 3.31. The fourth-order valence-corrected chi connectivity index (χ4v) is 2.55. The summed E-state index contributed by atoms with van der Waals surface area (Å²) in [6.45, 7) is 1.97. The lowest BCUT2D eigenvalue weighted by Gasteiger charge is -2.31. The first-order valence-corrected chi connectivity index (χ1v) is 7.38. The van der Waals surface area contributed by atoms with E-state index in [2.05, 4.69) is 5.32 Å². The van der Waals surface area contributed by atoms with Gasteiger partial charge in [-0.1, -0.05) is 29.3 Å². The van der Waals surface area contributed by atoms with E-state index in [0.717, 1.165) is 31.5 Å². The van der Waals surface area contributed by atoms with Gasteiger partial charge >= 0.3 is 6.03 Å². The number of rotatable bonds is 3. The Morgan fingerprint density at radius 2 is 2.05 bits per heavy atom. The smallest absolute Gasteiger partial charge is 0.317 e. The molecule has 1 aliphatic heterocycles. The topological polar surface area (TPSA) is 41.6 Å². The second-order valence-corrected chi connectivity index (χ2v) is 5.62. The van der Waals surface area contributed by atoms with Crippen molar-refractivity contribution < 1.29 is 9.53 Å². The zero-order chi connectivity index (χ0) is 14.5. The molecule has 4 nitrogen and oxygen atoms in total. The van der Waals surface area contributed by atoms with Crippen LogP contribution in [0.5, 0.6) is 0 Å². The van der Waals surface area contributed by atoms with E-state index in [-0.39, 0.29) is 12.1 Å². The van der Waals surface area contributed by atoms with Gasteiger partial charge in [-0.3, -0.25) is 0 Å². The number of ether oxygens (including phenoxy) is 1. The number of carbonyl (C=O) groups is 1. The minimum Gasteiger partial charge on any atom is -0.373 e. The van der Waals surface area contributed by atoms with Crippen LogP contribution in [-0.4, -0.2) is 37.2 Å².